The van der Waals surface area contributed by atoms with Crippen LogP contribution in [0.25, 0.3) is 27.6 Å². The molecular weight excluding hydrogens is 328 g/mol. The number of fused-ring (bicyclic) bond motifs is 5. The fraction of sp³-hybridized carbons (Fsp3) is 0.227. The van der Waals surface area contributed by atoms with Crippen LogP contribution >= 0.6 is 0 Å². The van der Waals surface area contributed by atoms with Gasteiger partial charge in [0, 0.05) is 0 Å². The Labute approximate surface area is 151 Å². The highest BCUT2D eigenvalue weighted by atomic mass is 16.5. The van der Waals surface area contributed by atoms with Gasteiger partial charge in [0.15, 0.2) is 0 Å². The molecule has 0 heterocycles. The molecule has 3 aromatic carbocycles. The first kappa shape index (κ1) is 16.8. The molecule has 26 heavy (non-hydrogen) atoms. The van der Waals surface area contributed by atoms with E-state index < -0.39 is 24.6 Å². The summed E-state index contributed by atoms with van der Waals surface area (Å²) in [6.07, 6.45) is 5.28. The van der Waals surface area contributed by atoms with Gasteiger partial charge in [0.1, 0.15) is 11.2 Å². The molecule has 4 rings (SSSR count). The number of hydrogen-bond donors (Lipinski definition) is 2. The number of benzene rings is 3. The number of carbonyl (C=O) groups is 1. The van der Waals surface area contributed by atoms with Crippen LogP contribution in [-0.2, 0) is 11.2 Å². The van der Waals surface area contributed by atoms with Crippen LogP contribution in [0.15, 0.2) is 48.5 Å². The Morgan fingerprint density at radius 3 is 2.54 bits per heavy atom. The second-order valence-corrected chi connectivity index (χ2v) is 7.05. The number of carbonyl (C=O) groups excluding carboxylic acids is 1. The minimum Gasteiger partial charge on any atom is -0.426 e. The lowest BCUT2D eigenvalue weighted by atomic mass is 9.93. The van der Waals surface area contributed by atoms with Crippen molar-refractivity contribution in [3.8, 4) is 5.75 Å². The molecule has 0 saturated carbocycles. The molecule has 2 N–H and O–H groups in total. The molecule has 0 fully saturated rings. The molecule has 0 radical (unpaired) electrons. The quantitative estimate of drug-likeness (QED) is 0.430. The average Bonchev–Trinajstić information content (AvgIpc) is 3.15. The standard InChI is InChI=1S/C22H20O4/c1-22(12-23,13-24)21(25)26-16-7-10-18-15(11-16)6-9-19-17-4-2-3-14(17)5-8-20(18)19/h2-3,5-11,23-24H,4,12-13H2,1H3. The summed E-state index contributed by atoms with van der Waals surface area (Å²) in [7, 11) is 0. The lowest BCUT2D eigenvalue weighted by Gasteiger charge is -2.22. The molecule has 0 atom stereocenters. The van der Waals surface area contributed by atoms with Gasteiger partial charge in [-0.2, -0.15) is 0 Å². The predicted molar refractivity (Wildman–Crippen MR) is 102 cm³/mol. The van der Waals surface area contributed by atoms with Gasteiger partial charge in [-0.1, -0.05) is 42.5 Å². The van der Waals surface area contributed by atoms with Crippen LogP contribution < -0.4 is 4.74 Å². The molecule has 0 bridgehead atoms. The first-order valence-electron chi connectivity index (χ1n) is 8.65. The average molecular weight is 348 g/mol. The Kier molecular flexibility index (Phi) is 4.02. The summed E-state index contributed by atoms with van der Waals surface area (Å²) in [4.78, 5) is 12.2. The summed E-state index contributed by atoms with van der Waals surface area (Å²) >= 11 is 0. The van der Waals surface area contributed by atoms with Crippen LogP contribution in [0.1, 0.15) is 18.1 Å². The first-order chi connectivity index (χ1) is 12.6. The van der Waals surface area contributed by atoms with Crippen molar-refractivity contribution in [2.24, 2.45) is 5.41 Å². The Morgan fingerprint density at radius 1 is 1.04 bits per heavy atom. The van der Waals surface area contributed by atoms with Gasteiger partial charge in [-0.3, -0.25) is 4.79 Å². The van der Waals surface area contributed by atoms with Gasteiger partial charge in [0.25, 0.3) is 0 Å². The van der Waals surface area contributed by atoms with Gasteiger partial charge in [0.2, 0.25) is 0 Å². The van der Waals surface area contributed by atoms with E-state index in [0.29, 0.717) is 5.75 Å². The second-order valence-electron chi connectivity index (χ2n) is 7.05. The molecule has 1 aliphatic carbocycles. The van der Waals surface area contributed by atoms with Crippen molar-refractivity contribution in [2.45, 2.75) is 13.3 Å². The Morgan fingerprint density at radius 2 is 1.77 bits per heavy atom. The monoisotopic (exact) mass is 348 g/mol. The van der Waals surface area contributed by atoms with Crippen LogP contribution in [0, 0.1) is 5.41 Å². The third kappa shape index (κ3) is 2.59. The fourth-order valence-electron chi connectivity index (χ4n) is 3.36. The minimum atomic E-state index is -1.31. The van der Waals surface area contributed by atoms with Crippen molar-refractivity contribution in [2.75, 3.05) is 13.2 Å². The van der Waals surface area contributed by atoms with E-state index in [1.807, 2.05) is 18.2 Å². The summed E-state index contributed by atoms with van der Waals surface area (Å²) in [5, 5.41) is 23.2. The highest BCUT2D eigenvalue weighted by Gasteiger charge is 2.34. The van der Waals surface area contributed by atoms with Crippen molar-refractivity contribution in [1.82, 2.24) is 0 Å². The maximum atomic E-state index is 12.2. The van der Waals surface area contributed by atoms with E-state index in [0.717, 1.165) is 17.2 Å². The topological polar surface area (TPSA) is 66.8 Å². The molecule has 4 heteroatoms. The minimum absolute atomic E-state index is 0.401. The highest BCUT2D eigenvalue weighted by Crippen LogP contribution is 2.34. The van der Waals surface area contributed by atoms with Crippen LogP contribution in [0.4, 0.5) is 0 Å². The van der Waals surface area contributed by atoms with Crippen molar-refractivity contribution >= 4 is 33.6 Å². The Bertz CT molecular complexity index is 1040. The number of hydrogen-bond acceptors (Lipinski definition) is 4. The third-order valence-electron chi connectivity index (χ3n) is 5.16. The Balaban J connectivity index is 1.74. The van der Waals surface area contributed by atoms with Gasteiger partial charge >= 0.3 is 5.97 Å². The molecule has 0 unspecified atom stereocenters. The number of esters is 1. The van der Waals surface area contributed by atoms with E-state index in [1.54, 1.807) is 6.07 Å². The van der Waals surface area contributed by atoms with Crippen molar-refractivity contribution < 1.29 is 19.7 Å². The third-order valence-corrected chi connectivity index (χ3v) is 5.16. The van der Waals surface area contributed by atoms with Gasteiger partial charge in [-0.05, 0) is 58.1 Å². The van der Waals surface area contributed by atoms with E-state index in [-0.39, 0.29) is 0 Å². The summed E-state index contributed by atoms with van der Waals surface area (Å²) in [6.45, 7) is 0.526. The zero-order valence-corrected chi connectivity index (χ0v) is 14.5. The normalized spacial score (nSPS) is 13.3. The van der Waals surface area contributed by atoms with Crippen LogP contribution in [0.2, 0.25) is 0 Å². The van der Waals surface area contributed by atoms with Gasteiger partial charge in [-0.25, -0.2) is 0 Å². The molecule has 0 amide bonds. The van der Waals surface area contributed by atoms with Gasteiger partial charge < -0.3 is 14.9 Å². The zero-order chi connectivity index (χ0) is 18.3. The smallest absolute Gasteiger partial charge is 0.321 e. The lowest BCUT2D eigenvalue weighted by molar-refractivity contribution is -0.149. The molecular formula is C22H20O4. The van der Waals surface area contributed by atoms with Crippen LogP contribution in [0.3, 0.4) is 0 Å². The van der Waals surface area contributed by atoms with Crippen molar-refractivity contribution in [1.29, 1.82) is 0 Å². The molecule has 0 spiro atoms. The summed E-state index contributed by atoms with van der Waals surface area (Å²) in [5.41, 5.74) is 1.31. The van der Waals surface area contributed by atoms with E-state index >= 15 is 0 Å². The van der Waals surface area contributed by atoms with E-state index in [1.165, 1.54) is 28.8 Å². The fourth-order valence-corrected chi connectivity index (χ4v) is 3.36. The second kappa shape index (κ2) is 6.24. The van der Waals surface area contributed by atoms with Gasteiger partial charge in [-0.15, -0.1) is 0 Å². The molecule has 132 valence electrons. The number of rotatable bonds is 4. The molecule has 0 aromatic heterocycles. The van der Waals surface area contributed by atoms with E-state index in [4.69, 9.17) is 4.74 Å². The molecule has 0 aliphatic heterocycles. The van der Waals surface area contributed by atoms with Crippen molar-refractivity contribution in [3.63, 3.8) is 0 Å². The Hall–Kier alpha value is -2.69. The lowest BCUT2D eigenvalue weighted by Crippen LogP contribution is -2.38. The molecule has 1 aliphatic rings. The number of ether oxygens (including phenoxy) is 1. The van der Waals surface area contributed by atoms with E-state index in [2.05, 4.69) is 30.4 Å². The van der Waals surface area contributed by atoms with Gasteiger partial charge in [0.05, 0.1) is 13.2 Å². The summed E-state index contributed by atoms with van der Waals surface area (Å²) in [5.74, 6) is -0.246. The van der Waals surface area contributed by atoms with E-state index in [9.17, 15) is 15.0 Å². The zero-order valence-electron chi connectivity index (χ0n) is 14.5. The maximum Gasteiger partial charge on any atom is 0.321 e. The predicted octanol–water partition coefficient (Wildman–Crippen LogP) is 3.46. The summed E-state index contributed by atoms with van der Waals surface area (Å²) < 4.78 is 5.39. The molecule has 4 nitrogen and oxygen atoms in total. The SMILES string of the molecule is CC(CO)(CO)C(=O)Oc1ccc2c(ccc3c4c(ccc32)C=CC4)c1. The first-order valence-corrected chi connectivity index (χ1v) is 8.65. The van der Waals surface area contributed by atoms with Crippen molar-refractivity contribution in [3.05, 3.63) is 59.7 Å². The largest absolute Gasteiger partial charge is 0.426 e. The number of aliphatic hydroxyl groups excluding tert-OH is 2. The molecule has 3 aromatic rings. The summed E-state index contributed by atoms with van der Waals surface area (Å²) in [6, 6.07) is 13.9. The number of allylic oxidation sites excluding steroid dienone is 1. The van der Waals surface area contributed by atoms with Crippen LogP contribution in [0.5, 0.6) is 5.75 Å². The molecule has 0 saturated heterocycles. The number of aliphatic hydroxyl groups is 2. The highest BCUT2D eigenvalue weighted by molar-refractivity contribution is 6.10. The van der Waals surface area contributed by atoms with Crippen LogP contribution in [-0.4, -0.2) is 29.4 Å². The maximum absolute atomic E-state index is 12.2.